The molecule has 0 heterocycles. The Morgan fingerprint density at radius 2 is 1.95 bits per heavy atom. The van der Waals surface area contributed by atoms with Gasteiger partial charge in [0.25, 0.3) is 5.91 Å². The number of sulfonamides is 1. The van der Waals surface area contributed by atoms with Crippen LogP contribution in [0.15, 0.2) is 23.1 Å². The Kier molecular flexibility index (Phi) is 5.32. The van der Waals surface area contributed by atoms with Crippen molar-refractivity contribution in [3.8, 4) is 5.75 Å². The molecule has 0 radical (unpaired) electrons. The van der Waals surface area contributed by atoms with Crippen LogP contribution in [0.4, 0.5) is 0 Å². The molecule has 1 rings (SSSR count). The van der Waals surface area contributed by atoms with Crippen LogP contribution in [-0.4, -0.2) is 40.7 Å². The summed E-state index contributed by atoms with van der Waals surface area (Å²) < 4.78 is 33.1. The van der Waals surface area contributed by atoms with E-state index in [1.54, 1.807) is 7.11 Å². The first kappa shape index (κ1) is 17.4. The van der Waals surface area contributed by atoms with Crippen molar-refractivity contribution in [2.24, 2.45) is 5.14 Å². The summed E-state index contributed by atoms with van der Waals surface area (Å²) in [5.41, 5.74) is -0.350. The fraction of sp³-hybridized carbons (Fsp3) is 0.462. The summed E-state index contributed by atoms with van der Waals surface area (Å²) in [6, 6.07) is 4.03. The Balaban J connectivity index is 3.02. The van der Waals surface area contributed by atoms with Gasteiger partial charge in [-0.25, -0.2) is 13.6 Å². The Morgan fingerprint density at radius 3 is 2.43 bits per heavy atom. The van der Waals surface area contributed by atoms with Crippen LogP contribution < -0.4 is 15.2 Å². The molecule has 1 aromatic rings. The predicted octanol–water partition coefficient (Wildman–Crippen LogP) is 0.497. The summed E-state index contributed by atoms with van der Waals surface area (Å²) in [5.74, 6) is -0.334. The molecular weight excluding hydrogens is 296 g/mol. The number of carbonyl (C=O) groups is 1. The largest absolute Gasteiger partial charge is 0.495 e. The van der Waals surface area contributed by atoms with E-state index in [0.717, 1.165) is 0 Å². The molecule has 1 aromatic carbocycles. The molecule has 0 saturated carbocycles. The van der Waals surface area contributed by atoms with Crippen LogP contribution in [-0.2, 0) is 14.8 Å². The van der Waals surface area contributed by atoms with Gasteiger partial charge in [0.2, 0.25) is 10.0 Å². The standard InChI is InChI=1S/C13H20N2O5S/c1-13(2,20-4)8-15-12(16)9-5-6-10(19-3)11(7-9)21(14,17)18/h5-7H,8H2,1-4H3,(H,15,16)(H2,14,17,18). The second-order valence-corrected chi connectivity index (χ2v) is 6.59. The fourth-order valence-corrected chi connectivity index (χ4v) is 2.23. The highest BCUT2D eigenvalue weighted by Gasteiger charge is 2.20. The summed E-state index contributed by atoms with van der Waals surface area (Å²) in [5, 5.41) is 7.77. The SMILES string of the molecule is COc1ccc(C(=O)NCC(C)(C)OC)cc1S(N)(=O)=O. The number of methoxy groups -OCH3 is 2. The third-order valence-electron chi connectivity index (χ3n) is 2.96. The molecule has 0 unspecified atom stereocenters. The van der Waals surface area contributed by atoms with Gasteiger partial charge >= 0.3 is 0 Å². The van der Waals surface area contributed by atoms with Crippen molar-refractivity contribution in [3.05, 3.63) is 23.8 Å². The normalized spacial score (nSPS) is 12.0. The maximum Gasteiger partial charge on any atom is 0.251 e. The number of hydrogen-bond donors (Lipinski definition) is 2. The number of ether oxygens (including phenoxy) is 2. The van der Waals surface area contributed by atoms with Gasteiger partial charge in [-0.15, -0.1) is 0 Å². The zero-order valence-corrected chi connectivity index (χ0v) is 13.3. The van der Waals surface area contributed by atoms with Gasteiger partial charge in [-0.1, -0.05) is 0 Å². The van der Waals surface area contributed by atoms with E-state index in [9.17, 15) is 13.2 Å². The first-order chi connectivity index (χ1) is 9.60. The number of amides is 1. The summed E-state index contributed by atoms with van der Waals surface area (Å²) in [7, 11) is -1.11. The van der Waals surface area contributed by atoms with Crippen molar-refractivity contribution in [2.45, 2.75) is 24.3 Å². The van der Waals surface area contributed by atoms with Crippen LogP contribution >= 0.6 is 0 Å². The molecule has 0 aliphatic carbocycles. The number of hydrogen-bond acceptors (Lipinski definition) is 5. The molecule has 8 heteroatoms. The average molecular weight is 316 g/mol. The molecule has 118 valence electrons. The predicted molar refractivity (Wildman–Crippen MR) is 77.8 cm³/mol. The highest BCUT2D eigenvalue weighted by atomic mass is 32.2. The minimum atomic E-state index is -3.98. The van der Waals surface area contributed by atoms with E-state index in [0.29, 0.717) is 0 Å². The molecule has 3 N–H and O–H groups in total. The van der Waals surface area contributed by atoms with Crippen LogP contribution in [0.3, 0.4) is 0 Å². The Labute approximate surface area is 124 Å². The highest BCUT2D eigenvalue weighted by Crippen LogP contribution is 2.23. The zero-order valence-electron chi connectivity index (χ0n) is 12.5. The quantitative estimate of drug-likeness (QED) is 0.794. The van der Waals surface area contributed by atoms with Gasteiger partial charge < -0.3 is 14.8 Å². The lowest BCUT2D eigenvalue weighted by Crippen LogP contribution is -2.39. The first-order valence-corrected chi connectivity index (χ1v) is 7.69. The van der Waals surface area contributed by atoms with Gasteiger partial charge in [0, 0.05) is 19.2 Å². The molecule has 0 aromatic heterocycles. The summed E-state index contributed by atoms with van der Waals surface area (Å²) in [6.45, 7) is 3.91. The van der Waals surface area contributed by atoms with Gasteiger partial charge in [-0.05, 0) is 32.0 Å². The molecule has 1 amide bonds. The van der Waals surface area contributed by atoms with E-state index < -0.39 is 21.5 Å². The van der Waals surface area contributed by atoms with Crippen LogP contribution in [0, 0.1) is 0 Å². The summed E-state index contributed by atoms with van der Waals surface area (Å²) in [6.07, 6.45) is 0. The van der Waals surface area contributed by atoms with Crippen LogP contribution in [0.25, 0.3) is 0 Å². The van der Waals surface area contributed by atoms with Gasteiger partial charge in [0.05, 0.1) is 12.7 Å². The molecule has 7 nitrogen and oxygen atoms in total. The first-order valence-electron chi connectivity index (χ1n) is 6.15. The topological polar surface area (TPSA) is 108 Å². The van der Waals surface area contributed by atoms with Crippen molar-refractivity contribution in [2.75, 3.05) is 20.8 Å². The van der Waals surface area contributed by atoms with Crippen molar-refractivity contribution < 1.29 is 22.7 Å². The van der Waals surface area contributed by atoms with Crippen molar-refractivity contribution >= 4 is 15.9 Å². The van der Waals surface area contributed by atoms with Crippen molar-refractivity contribution in [1.82, 2.24) is 5.32 Å². The lowest BCUT2D eigenvalue weighted by atomic mass is 10.1. The second kappa shape index (κ2) is 6.42. The molecule has 0 aliphatic heterocycles. The van der Waals surface area contributed by atoms with Crippen molar-refractivity contribution in [3.63, 3.8) is 0 Å². The summed E-state index contributed by atoms with van der Waals surface area (Å²) in [4.78, 5) is 11.8. The lowest BCUT2D eigenvalue weighted by molar-refractivity contribution is 0.0228. The minimum absolute atomic E-state index is 0.0891. The molecule has 0 atom stereocenters. The minimum Gasteiger partial charge on any atom is -0.495 e. The van der Waals surface area contributed by atoms with E-state index in [4.69, 9.17) is 14.6 Å². The van der Waals surface area contributed by atoms with E-state index in [1.807, 2.05) is 13.8 Å². The zero-order chi connectivity index (χ0) is 16.3. The number of primary sulfonamides is 1. The Morgan fingerprint density at radius 1 is 1.33 bits per heavy atom. The molecule has 21 heavy (non-hydrogen) atoms. The maximum absolute atomic E-state index is 12.0. The van der Waals surface area contributed by atoms with E-state index in [1.165, 1.54) is 25.3 Å². The molecule has 0 fully saturated rings. The molecule has 0 bridgehead atoms. The second-order valence-electron chi connectivity index (χ2n) is 5.06. The van der Waals surface area contributed by atoms with Crippen LogP contribution in [0.5, 0.6) is 5.75 Å². The van der Waals surface area contributed by atoms with Gasteiger partial charge in [-0.2, -0.15) is 0 Å². The average Bonchev–Trinajstić information content (AvgIpc) is 2.43. The monoisotopic (exact) mass is 316 g/mol. The van der Waals surface area contributed by atoms with Gasteiger partial charge in [-0.3, -0.25) is 4.79 Å². The Bertz CT molecular complexity index is 625. The molecule has 0 saturated heterocycles. The van der Waals surface area contributed by atoms with Gasteiger partial charge in [0.15, 0.2) is 0 Å². The Hall–Kier alpha value is -1.64. The van der Waals surface area contributed by atoms with Crippen molar-refractivity contribution in [1.29, 1.82) is 0 Å². The molecular formula is C13H20N2O5S. The van der Waals surface area contributed by atoms with Crippen LogP contribution in [0.1, 0.15) is 24.2 Å². The maximum atomic E-state index is 12.0. The van der Waals surface area contributed by atoms with E-state index >= 15 is 0 Å². The fourth-order valence-electron chi connectivity index (χ4n) is 1.51. The molecule has 0 aliphatic rings. The third-order valence-corrected chi connectivity index (χ3v) is 3.89. The number of benzene rings is 1. The van der Waals surface area contributed by atoms with E-state index in [-0.39, 0.29) is 22.8 Å². The number of nitrogens with two attached hydrogens (primary N) is 1. The highest BCUT2D eigenvalue weighted by molar-refractivity contribution is 7.89. The lowest BCUT2D eigenvalue weighted by Gasteiger charge is -2.23. The number of rotatable bonds is 6. The third kappa shape index (κ3) is 4.69. The number of nitrogens with one attached hydrogen (secondary N) is 1. The number of carbonyl (C=O) groups excluding carboxylic acids is 1. The van der Waals surface area contributed by atoms with Gasteiger partial charge in [0.1, 0.15) is 10.6 Å². The van der Waals surface area contributed by atoms with E-state index in [2.05, 4.69) is 5.32 Å². The smallest absolute Gasteiger partial charge is 0.251 e. The molecule has 0 spiro atoms. The summed E-state index contributed by atoms with van der Waals surface area (Å²) >= 11 is 0. The van der Waals surface area contributed by atoms with Crippen LogP contribution in [0.2, 0.25) is 0 Å².